The fourth-order valence-electron chi connectivity index (χ4n) is 3.27. The summed E-state index contributed by atoms with van der Waals surface area (Å²) < 4.78 is 0. The molecule has 0 spiro atoms. The second kappa shape index (κ2) is 9.05. The summed E-state index contributed by atoms with van der Waals surface area (Å²) in [5, 5.41) is 6.92. The molecule has 0 saturated heterocycles. The Morgan fingerprint density at radius 1 is 1.21 bits per heavy atom. The molecule has 28 heavy (non-hydrogen) atoms. The molecule has 0 amide bonds. The van der Waals surface area contributed by atoms with Crippen LogP contribution in [-0.2, 0) is 13.0 Å². The molecule has 0 aliphatic heterocycles. The third kappa shape index (κ3) is 4.15. The highest BCUT2D eigenvalue weighted by atomic mass is 16.6. The summed E-state index contributed by atoms with van der Waals surface area (Å²) in [5.74, 6) is 10.9. The fourth-order valence-corrected chi connectivity index (χ4v) is 3.27. The quantitative estimate of drug-likeness (QED) is 0.398. The van der Waals surface area contributed by atoms with Gasteiger partial charge in [0, 0.05) is 5.71 Å². The van der Waals surface area contributed by atoms with Crippen LogP contribution < -0.4 is 22.3 Å². The number of aryl methyl sites for hydroxylation is 1. The number of benzene rings is 1. The number of hydrogen-bond acceptors (Lipinski definition) is 8. The summed E-state index contributed by atoms with van der Waals surface area (Å²) in [7, 11) is 0. The first-order valence-corrected chi connectivity index (χ1v) is 9.12. The van der Waals surface area contributed by atoms with E-state index >= 15 is 0 Å². The lowest BCUT2D eigenvalue weighted by Crippen LogP contribution is -2.11. The van der Waals surface area contributed by atoms with Gasteiger partial charge in [-0.1, -0.05) is 36.4 Å². The van der Waals surface area contributed by atoms with Gasteiger partial charge in [-0.25, -0.2) is 9.97 Å². The van der Waals surface area contributed by atoms with Crippen LogP contribution in [0.2, 0.25) is 0 Å². The number of aromatic nitrogens is 2. The van der Waals surface area contributed by atoms with Gasteiger partial charge in [0.25, 0.3) is 0 Å². The van der Waals surface area contributed by atoms with Crippen molar-refractivity contribution in [1.29, 1.82) is 0 Å². The molecule has 9 nitrogen and oxygen atoms in total. The van der Waals surface area contributed by atoms with Crippen LogP contribution in [0.3, 0.4) is 0 Å². The maximum absolute atomic E-state index is 6.37. The Balaban J connectivity index is 1.92. The van der Waals surface area contributed by atoms with Gasteiger partial charge in [-0.05, 0) is 42.4 Å². The molecule has 0 atom stereocenters. The summed E-state index contributed by atoms with van der Waals surface area (Å²) in [6.45, 7) is 2.77. The minimum atomic E-state index is 0.118. The molecule has 0 radical (unpaired) electrons. The number of hydrogen-bond donors (Lipinski definition) is 3. The van der Waals surface area contributed by atoms with Crippen LogP contribution in [0.4, 0.5) is 5.82 Å². The van der Waals surface area contributed by atoms with E-state index < -0.39 is 0 Å². The van der Waals surface area contributed by atoms with Crippen molar-refractivity contribution in [2.24, 2.45) is 32.8 Å². The van der Waals surface area contributed by atoms with Gasteiger partial charge in [0.05, 0.1) is 18.4 Å². The minimum Gasteiger partial charge on any atom is -0.406 e. The number of rotatable bonds is 6. The maximum atomic E-state index is 6.37. The second-order valence-electron chi connectivity index (χ2n) is 6.35. The third-order valence-corrected chi connectivity index (χ3v) is 4.71. The lowest BCUT2D eigenvalue weighted by molar-refractivity contribution is 0.332. The Morgan fingerprint density at radius 3 is 2.71 bits per heavy atom. The molecular formula is C19H24N8O. The molecule has 1 aromatic heterocycles. The molecule has 9 heteroatoms. The Labute approximate surface area is 163 Å². The monoisotopic (exact) mass is 380 g/mol. The van der Waals surface area contributed by atoms with Crippen molar-refractivity contribution >= 4 is 17.2 Å². The van der Waals surface area contributed by atoms with Crippen LogP contribution in [0.1, 0.15) is 43.1 Å². The Morgan fingerprint density at radius 2 is 2.00 bits per heavy atom. The van der Waals surface area contributed by atoms with Gasteiger partial charge in [0.2, 0.25) is 11.6 Å². The zero-order valence-corrected chi connectivity index (χ0v) is 15.8. The van der Waals surface area contributed by atoms with Crippen molar-refractivity contribution in [3.63, 3.8) is 0 Å². The van der Waals surface area contributed by atoms with Crippen molar-refractivity contribution in [2.45, 2.75) is 39.2 Å². The highest BCUT2D eigenvalue weighted by Crippen LogP contribution is 2.29. The second-order valence-corrected chi connectivity index (χ2v) is 6.35. The number of allylic oxidation sites excluding steroid dienone is 1. The summed E-state index contributed by atoms with van der Waals surface area (Å²) >= 11 is 0. The maximum Gasteiger partial charge on any atom is 0.224 e. The van der Waals surface area contributed by atoms with Crippen LogP contribution >= 0.6 is 0 Å². The largest absolute Gasteiger partial charge is 0.406 e. The Kier molecular flexibility index (Phi) is 6.28. The van der Waals surface area contributed by atoms with E-state index in [-0.39, 0.29) is 11.6 Å². The van der Waals surface area contributed by atoms with E-state index in [0.717, 1.165) is 37.0 Å². The molecule has 1 saturated carbocycles. The lowest BCUT2D eigenvalue weighted by atomic mass is 10.1. The molecule has 2 aromatic rings. The van der Waals surface area contributed by atoms with Crippen molar-refractivity contribution in [3.05, 3.63) is 53.0 Å². The van der Waals surface area contributed by atoms with Crippen LogP contribution in [0, 0.1) is 0 Å². The normalized spacial score (nSPS) is 17.4. The summed E-state index contributed by atoms with van der Waals surface area (Å²) in [4.78, 5) is 18.0. The van der Waals surface area contributed by atoms with Crippen molar-refractivity contribution in [2.75, 3.05) is 0 Å². The predicted octanol–water partition coefficient (Wildman–Crippen LogP) is 2.74. The molecule has 1 aliphatic rings. The summed E-state index contributed by atoms with van der Waals surface area (Å²) in [5.41, 5.74) is 11.3. The zero-order valence-electron chi connectivity index (χ0n) is 15.8. The van der Waals surface area contributed by atoms with Gasteiger partial charge in [-0.15, -0.1) is 5.11 Å². The van der Waals surface area contributed by atoms with E-state index in [9.17, 15) is 0 Å². The van der Waals surface area contributed by atoms with Crippen LogP contribution in [0.25, 0.3) is 5.70 Å². The minimum absolute atomic E-state index is 0.118. The van der Waals surface area contributed by atoms with Gasteiger partial charge < -0.3 is 16.4 Å². The van der Waals surface area contributed by atoms with Crippen LogP contribution in [-0.4, -0.2) is 15.7 Å². The van der Waals surface area contributed by atoms with Gasteiger partial charge in [0.1, 0.15) is 0 Å². The molecule has 3 rings (SSSR count). The SMILES string of the molecule is CCc1ccccc1CN=C1CCCC1=C(N)c1ncc(ON)c(N=NN)n1. The number of nitrogens with two attached hydrogens (primary N) is 3. The molecule has 0 unspecified atom stereocenters. The molecule has 1 aliphatic carbocycles. The predicted molar refractivity (Wildman–Crippen MR) is 107 cm³/mol. The first-order chi connectivity index (χ1) is 13.7. The molecule has 1 aromatic carbocycles. The molecule has 1 fully saturated rings. The smallest absolute Gasteiger partial charge is 0.224 e. The first-order valence-electron chi connectivity index (χ1n) is 9.12. The zero-order chi connectivity index (χ0) is 19.9. The molecule has 6 N–H and O–H groups in total. The van der Waals surface area contributed by atoms with Gasteiger partial charge in [-0.2, -0.15) is 5.90 Å². The molecule has 1 heterocycles. The molecule has 146 valence electrons. The van der Waals surface area contributed by atoms with Crippen molar-refractivity contribution < 1.29 is 4.84 Å². The van der Waals surface area contributed by atoms with Crippen molar-refractivity contribution in [1.82, 2.24) is 9.97 Å². The molecular weight excluding hydrogens is 356 g/mol. The number of nitrogens with zero attached hydrogens (tertiary/aromatic N) is 5. The molecule has 0 bridgehead atoms. The van der Waals surface area contributed by atoms with E-state index in [0.29, 0.717) is 18.1 Å². The van der Waals surface area contributed by atoms with Gasteiger partial charge in [-0.3, -0.25) is 4.99 Å². The van der Waals surface area contributed by atoms with E-state index in [1.165, 1.54) is 17.3 Å². The van der Waals surface area contributed by atoms with Gasteiger partial charge in [0.15, 0.2) is 5.82 Å². The summed E-state index contributed by atoms with van der Waals surface area (Å²) in [6.07, 6.45) is 5.07. The van der Waals surface area contributed by atoms with E-state index in [4.69, 9.17) is 22.5 Å². The lowest BCUT2D eigenvalue weighted by Gasteiger charge is -2.09. The topological polar surface area (TPSA) is 150 Å². The standard InChI is InChI=1S/C19H24N8O/c1-2-12-6-3-4-7-13(12)10-23-15-9-5-8-14(15)17(20)19-24-11-16(28-22)18(25-19)26-27-21/h3-4,6-7,11H,2,5,8-10,20,22H2,1H3,(H2,21,24,25,26). The fraction of sp³-hybridized carbons (Fsp3) is 0.316. The highest BCUT2D eigenvalue weighted by Gasteiger charge is 2.21. The van der Waals surface area contributed by atoms with Crippen LogP contribution in [0.15, 0.2) is 51.4 Å². The average molecular weight is 380 g/mol. The number of aliphatic imine (C=N–C) groups is 1. The van der Waals surface area contributed by atoms with Crippen LogP contribution in [0.5, 0.6) is 5.75 Å². The van der Waals surface area contributed by atoms with Crippen molar-refractivity contribution in [3.8, 4) is 5.75 Å². The third-order valence-electron chi connectivity index (χ3n) is 4.71. The van der Waals surface area contributed by atoms with E-state index in [2.05, 4.69) is 50.3 Å². The average Bonchev–Trinajstić information content (AvgIpc) is 3.20. The first kappa shape index (κ1) is 19.4. The van der Waals surface area contributed by atoms with E-state index in [1.807, 2.05) is 6.07 Å². The summed E-state index contributed by atoms with van der Waals surface area (Å²) in [6, 6.07) is 8.34. The Bertz CT molecular complexity index is 935. The highest BCUT2D eigenvalue weighted by molar-refractivity contribution is 6.07. The van der Waals surface area contributed by atoms with E-state index in [1.54, 1.807) is 0 Å². The van der Waals surface area contributed by atoms with Gasteiger partial charge >= 0.3 is 0 Å². The Hall–Kier alpha value is -3.33.